The van der Waals surface area contributed by atoms with Crippen LogP contribution in [0, 0.1) is 5.92 Å². The molecule has 0 aliphatic heterocycles. The summed E-state index contributed by atoms with van der Waals surface area (Å²) in [5.41, 5.74) is 0. The SMILES string of the molecule is O=S(=O)(NCCOCC1CC1)c1ccnc(Cl)c1. The van der Waals surface area contributed by atoms with Gasteiger partial charge in [0, 0.05) is 19.3 Å². The smallest absolute Gasteiger partial charge is 0.240 e. The number of halogens is 1. The molecular weight excluding hydrogens is 276 g/mol. The van der Waals surface area contributed by atoms with Crippen molar-refractivity contribution in [3.63, 3.8) is 0 Å². The van der Waals surface area contributed by atoms with Crippen molar-refractivity contribution >= 4 is 21.6 Å². The molecule has 18 heavy (non-hydrogen) atoms. The molecule has 1 saturated carbocycles. The number of hydrogen-bond donors (Lipinski definition) is 1. The van der Waals surface area contributed by atoms with Gasteiger partial charge in [-0.25, -0.2) is 18.1 Å². The third-order valence-corrected chi connectivity index (χ3v) is 4.26. The zero-order valence-electron chi connectivity index (χ0n) is 9.80. The quantitative estimate of drug-likeness (QED) is 0.609. The van der Waals surface area contributed by atoms with Crippen LogP contribution in [0.15, 0.2) is 23.2 Å². The Kier molecular flexibility index (Phi) is 4.55. The highest BCUT2D eigenvalue weighted by Gasteiger charge is 2.21. The van der Waals surface area contributed by atoms with Crippen molar-refractivity contribution < 1.29 is 13.2 Å². The summed E-state index contributed by atoms with van der Waals surface area (Å²) in [4.78, 5) is 3.85. The molecule has 0 spiro atoms. The lowest BCUT2D eigenvalue weighted by atomic mass is 10.5. The molecule has 5 nitrogen and oxygen atoms in total. The van der Waals surface area contributed by atoms with Crippen LogP contribution in [-0.4, -0.2) is 33.2 Å². The molecule has 0 aromatic carbocycles. The fourth-order valence-corrected chi connectivity index (χ4v) is 2.68. The van der Waals surface area contributed by atoms with Crippen LogP contribution in [0.25, 0.3) is 0 Å². The molecule has 0 amide bonds. The van der Waals surface area contributed by atoms with Crippen molar-refractivity contribution in [2.75, 3.05) is 19.8 Å². The van der Waals surface area contributed by atoms with Gasteiger partial charge in [0.1, 0.15) is 5.15 Å². The van der Waals surface area contributed by atoms with E-state index in [0.29, 0.717) is 12.5 Å². The summed E-state index contributed by atoms with van der Waals surface area (Å²) >= 11 is 5.65. The predicted molar refractivity (Wildman–Crippen MR) is 68.0 cm³/mol. The molecule has 1 N–H and O–H groups in total. The zero-order valence-corrected chi connectivity index (χ0v) is 11.4. The fourth-order valence-electron chi connectivity index (χ4n) is 1.42. The fraction of sp³-hybridized carbons (Fsp3) is 0.545. The lowest BCUT2D eigenvalue weighted by molar-refractivity contribution is 0.129. The van der Waals surface area contributed by atoms with Crippen LogP contribution >= 0.6 is 11.6 Å². The third-order valence-electron chi connectivity index (χ3n) is 2.60. The molecule has 0 radical (unpaired) electrons. The van der Waals surface area contributed by atoms with Crippen molar-refractivity contribution in [1.29, 1.82) is 0 Å². The van der Waals surface area contributed by atoms with E-state index < -0.39 is 10.0 Å². The van der Waals surface area contributed by atoms with Crippen LogP contribution in [-0.2, 0) is 14.8 Å². The van der Waals surface area contributed by atoms with Crippen LogP contribution in [0.5, 0.6) is 0 Å². The molecule has 0 bridgehead atoms. The second-order valence-electron chi connectivity index (χ2n) is 4.23. The highest BCUT2D eigenvalue weighted by Crippen LogP contribution is 2.28. The number of hydrogen-bond acceptors (Lipinski definition) is 4. The summed E-state index contributed by atoms with van der Waals surface area (Å²) in [5.74, 6) is 0.681. The normalized spacial score (nSPS) is 15.8. The van der Waals surface area contributed by atoms with E-state index in [1.807, 2.05) is 0 Å². The van der Waals surface area contributed by atoms with Gasteiger partial charge in [0.05, 0.1) is 11.5 Å². The van der Waals surface area contributed by atoms with Crippen LogP contribution in [0.2, 0.25) is 5.15 Å². The van der Waals surface area contributed by atoms with E-state index in [-0.39, 0.29) is 16.6 Å². The minimum Gasteiger partial charge on any atom is -0.380 e. The van der Waals surface area contributed by atoms with Gasteiger partial charge in [-0.15, -0.1) is 0 Å². The number of rotatable bonds is 7. The summed E-state index contributed by atoms with van der Waals surface area (Å²) in [7, 11) is -3.52. The average molecular weight is 291 g/mol. The molecule has 2 rings (SSSR count). The molecule has 0 unspecified atom stereocenters. The Hall–Kier alpha value is -0.690. The Balaban J connectivity index is 1.79. The highest BCUT2D eigenvalue weighted by atomic mass is 35.5. The predicted octanol–water partition coefficient (Wildman–Crippen LogP) is 1.44. The van der Waals surface area contributed by atoms with E-state index in [0.717, 1.165) is 6.61 Å². The molecule has 100 valence electrons. The van der Waals surface area contributed by atoms with Gasteiger partial charge in [-0.05, 0) is 30.9 Å². The lowest BCUT2D eigenvalue weighted by Crippen LogP contribution is -2.27. The van der Waals surface area contributed by atoms with Crippen molar-refractivity contribution in [1.82, 2.24) is 9.71 Å². The summed E-state index contributed by atoms with van der Waals surface area (Å²) in [6, 6.07) is 2.72. The molecule has 0 saturated heterocycles. The first-order valence-corrected chi connectivity index (χ1v) is 7.63. The first kappa shape index (κ1) is 13.7. The number of sulfonamides is 1. The lowest BCUT2D eigenvalue weighted by Gasteiger charge is -2.07. The molecule has 1 fully saturated rings. The Bertz CT molecular complexity index is 503. The van der Waals surface area contributed by atoms with Crippen LogP contribution in [0.4, 0.5) is 0 Å². The van der Waals surface area contributed by atoms with Gasteiger partial charge in [-0.2, -0.15) is 0 Å². The van der Waals surface area contributed by atoms with E-state index in [1.54, 1.807) is 0 Å². The monoisotopic (exact) mass is 290 g/mol. The van der Waals surface area contributed by atoms with Crippen LogP contribution < -0.4 is 4.72 Å². The second-order valence-corrected chi connectivity index (χ2v) is 6.38. The highest BCUT2D eigenvalue weighted by molar-refractivity contribution is 7.89. The minimum absolute atomic E-state index is 0.115. The molecule has 1 aromatic rings. The standard InChI is InChI=1S/C11H15ClN2O3S/c12-11-7-10(3-4-13-11)18(15,16)14-5-6-17-8-9-1-2-9/h3-4,7,9,14H,1-2,5-6,8H2. The molecule has 1 aliphatic rings. The van der Waals surface area contributed by atoms with Gasteiger partial charge in [0.25, 0.3) is 0 Å². The van der Waals surface area contributed by atoms with Crippen LogP contribution in [0.3, 0.4) is 0 Å². The molecule has 7 heteroatoms. The Morgan fingerprint density at radius 1 is 1.50 bits per heavy atom. The van der Waals surface area contributed by atoms with E-state index in [1.165, 1.54) is 31.2 Å². The number of pyridine rings is 1. The van der Waals surface area contributed by atoms with Gasteiger partial charge >= 0.3 is 0 Å². The second kappa shape index (κ2) is 5.97. The largest absolute Gasteiger partial charge is 0.380 e. The number of aromatic nitrogens is 1. The van der Waals surface area contributed by atoms with Gasteiger partial charge in [-0.1, -0.05) is 11.6 Å². The van der Waals surface area contributed by atoms with Gasteiger partial charge in [-0.3, -0.25) is 0 Å². The van der Waals surface area contributed by atoms with E-state index >= 15 is 0 Å². The topological polar surface area (TPSA) is 68.3 Å². The minimum atomic E-state index is -3.52. The molecule has 0 atom stereocenters. The molecule has 1 heterocycles. The first-order chi connectivity index (χ1) is 8.58. The molecular formula is C11H15ClN2O3S. The third kappa shape index (κ3) is 4.20. The summed E-state index contributed by atoms with van der Waals surface area (Å²) in [5, 5.41) is 0.155. The molecule has 1 aliphatic carbocycles. The molecule has 1 aromatic heterocycles. The maximum absolute atomic E-state index is 11.8. The Labute approximate surface area is 112 Å². The van der Waals surface area contributed by atoms with Crippen molar-refractivity contribution in [3.8, 4) is 0 Å². The summed E-state index contributed by atoms with van der Waals surface area (Å²) in [6.45, 7) is 1.37. The van der Waals surface area contributed by atoms with Gasteiger partial charge in [0.15, 0.2) is 0 Å². The van der Waals surface area contributed by atoms with E-state index in [9.17, 15) is 8.42 Å². The van der Waals surface area contributed by atoms with Gasteiger partial charge < -0.3 is 4.74 Å². The van der Waals surface area contributed by atoms with Gasteiger partial charge in [0.2, 0.25) is 10.0 Å². The summed E-state index contributed by atoms with van der Waals surface area (Å²) in [6.07, 6.45) is 3.81. The maximum Gasteiger partial charge on any atom is 0.240 e. The van der Waals surface area contributed by atoms with Crippen molar-refractivity contribution in [2.45, 2.75) is 17.7 Å². The number of nitrogens with zero attached hydrogens (tertiary/aromatic N) is 1. The summed E-state index contributed by atoms with van der Waals surface area (Å²) < 4.78 is 31.5. The Morgan fingerprint density at radius 2 is 2.28 bits per heavy atom. The number of ether oxygens (including phenoxy) is 1. The average Bonchev–Trinajstić information content (AvgIpc) is 3.12. The maximum atomic E-state index is 11.8. The van der Waals surface area contributed by atoms with E-state index in [4.69, 9.17) is 16.3 Å². The van der Waals surface area contributed by atoms with Crippen molar-refractivity contribution in [2.24, 2.45) is 5.92 Å². The van der Waals surface area contributed by atoms with E-state index in [2.05, 4.69) is 9.71 Å². The number of nitrogens with one attached hydrogen (secondary N) is 1. The van der Waals surface area contributed by atoms with Crippen LogP contribution in [0.1, 0.15) is 12.8 Å². The first-order valence-electron chi connectivity index (χ1n) is 5.77. The zero-order chi connectivity index (χ0) is 13.0. The van der Waals surface area contributed by atoms with Crippen molar-refractivity contribution in [3.05, 3.63) is 23.5 Å². The Morgan fingerprint density at radius 3 is 2.94 bits per heavy atom.